The molecule has 1 aliphatic heterocycles. The van der Waals surface area contributed by atoms with Gasteiger partial charge in [0.15, 0.2) is 6.10 Å². The van der Waals surface area contributed by atoms with Gasteiger partial charge in [-0.1, -0.05) is 35.5 Å². The molecule has 2 amide bonds. The summed E-state index contributed by atoms with van der Waals surface area (Å²) in [6, 6.07) is 9.40. The fraction of sp³-hybridized carbons (Fsp3) is 0.360. The zero-order chi connectivity index (χ0) is 23.5. The highest BCUT2D eigenvalue weighted by Crippen LogP contribution is 2.26. The standard InChI is InChI=1S/C25H28N4O4/c1-15-21(13-27-24(30)23(32-4)18-8-6-5-7-9-18)20-10-11-29(14-19(20)12-26-15)25(31)22-16(2)28-33-17(22)3/h5-9,12,23H,10-11,13-14H2,1-4H3,(H,27,30). The predicted molar refractivity (Wildman–Crippen MR) is 121 cm³/mol. The molecule has 8 heteroatoms. The molecule has 2 aromatic heterocycles. The molecule has 4 rings (SSSR count). The molecule has 1 aliphatic rings. The number of fused-ring (bicyclic) bond motifs is 1. The Labute approximate surface area is 192 Å². The number of pyridine rings is 1. The largest absolute Gasteiger partial charge is 0.367 e. The van der Waals surface area contributed by atoms with Gasteiger partial charge in [-0.3, -0.25) is 14.6 Å². The number of aryl methyl sites for hydroxylation is 3. The second-order valence-electron chi connectivity index (χ2n) is 8.25. The second kappa shape index (κ2) is 9.54. The smallest absolute Gasteiger partial charge is 0.259 e. The zero-order valence-electron chi connectivity index (χ0n) is 19.3. The van der Waals surface area contributed by atoms with Crippen LogP contribution in [0.4, 0.5) is 0 Å². The van der Waals surface area contributed by atoms with Crippen LogP contribution >= 0.6 is 0 Å². The molecule has 3 aromatic rings. The zero-order valence-corrected chi connectivity index (χ0v) is 19.3. The number of nitrogens with zero attached hydrogens (tertiary/aromatic N) is 3. The molecular formula is C25H28N4O4. The van der Waals surface area contributed by atoms with E-state index in [0.717, 1.165) is 27.9 Å². The van der Waals surface area contributed by atoms with E-state index in [0.29, 0.717) is 43.1 Å². The van der Waals surface area contributed by atoms with Crippen LogP contribution in [0.3, 0.4) is 0 Å². The normalized spacial score (nSPS) is 14.0. The van der Waals surface area contributed by atoms with Gasteiger partial charge in [-0.15, -0.1) is 0 Å². The molecule has 172 valence electrons. The number of aromatic nitrogens is 2. The van der Waals surface area contributed by atoms with Gasteiger partial charge in [-0.25, -0.2) is 0 Å². The topological polar surface area (TPSA) is 97.6 Å². The summed E-state index contributed by atoms with van der Waals surface area (Å²) < 4.78 is 10.6. The molecule has 3 heterocycles. The maximum Gasteiger partial charge on any atom is 0.259 e. The number of hydrogen-bond donors (Lipinski definition) is 1. The van der Waals surface area contributed by atoms with Crippen LogP contribution in [0, 0.1) is 20.8 Å². The third kappa shape index (κ3) is 4.52. The van der Waals surface area contributed by atoms with E-state index in [1.165, 1.54) is 7.11 Å². The van der Waals surface area contributed by atoms with Crippen molar-refractivity contribution in [3.8, 4) is 0 Å². The van der Waals surface area contributed by atoms with Gasteiger partial charge in [-0.05, 0) is 49.4 Å². The fourth-order valence-corrected chi connectivity index (χ4v) is 4.37. The van der Waals surface area contributed by atoms with Gasteiger partial charge in [0, 0.05) is 38.6 Å². The van der Waals surface area contributed by atoms with Crippen LogP contribution in [0.5, 0.6) is 0 Å². The first-order chi connectivity index (χ1) is 15.9. The Morgan fingerprint density at radius 3 is 2.61 bits per heavy atom. The predicted octanol–water partition coefficient (Wildman–Crippen LogP) is 3.20. The summed E-state index contributed by atoms with van der Waals surface area (Å²) in [6.45, 7) is 6.84. The van der Waals surface area contributed by atoms with Crippen LogP contribution < -0.4 is 5.32 Å². The average molecular weight is 449 g/mol. The first kappa shape index (κ1) is 22.7. The Morgan fingerprint density at radius 2 is 1.94 bits per heavy atom. The fourth-order valence-electron chi connectivity index (χ4n) is 4.37. The Balaban J connectivity index is 1.50. The van der Waals surface area contributed by atoms with E-state index in [9.17, 15) is 9.59 Å². The van der Waals surface area contributed by atoms with Crippen molar-refractivity contribution < 1.29 is 18.8 Å². The summed E-state index contributed by atoms with van der Waals surface area (Å²) in [5.41, 5.74) is 5.91. The Kier molecular flexibility index (Phi) is 6.55. The van der Waals surface area contributed by atoms with Gasteiger partial charge < -0.3 is 19.5 Å². The third-order valence-electron chi connectivity index (χ3n) is 6.15. The number of methoxy groups -OCH3 is 1. The van der Waals surface area contributed by atoms with Crippen molar-refractivity contribution in [2.75, 3.05) is 13.7 Å². The number of nitrogens with one attached hydrogen (secondary N) is 1. The van der Waals surface area contributed by atoms with Crippen LogP contribution in [-0.4, -0.2) is 40.5 Å². The van der Waals surface area contributed by atoms with Crippen molar-refractivity contribution in [3.05, 3.63) is 81.5 Å². The molecule has 33 heavy (non-hydrogen) atoms. The minimum Gasteiger partial charge on any atom is -0.367 e. The van der Waals surface area contributed by atoms with E-state index in [1.54, 1.807) is 18.7 Å². The molecular weight excluding hydrogens is 420 g/mol. The van der Waals surface area contributed by atoms with E-state index >= 15 is 0 Å². The summed E-state index contributed by atoms with van der Waals surface area (Å²) in [4.78, 5) is 32.2. The van der Waals surface area contributed by atoms with Crippen molar-refractivity contribution in [3.63, 3.8) is 0 Å². The summed E-state index contributed by atoms with van der Waals surface area (Å²) in [6.07, 6.45) is 1.83. The highest BCUT2D eigenvalue weighted by Gasteiger charge is 2.28. The number of ether oxygens (including phenoxy) is 1. The summed E-state index contributed by atoms with van der Waals surface area (Å²) >= 11 is 0. The number of hydrogen-bond acceptors (Lipinski definition) is 6. The van der Waals surface area contributed by atoms with E-state index in [1.807, 2.05) is 43.5 Å². The van der Waals surface area contributed by atoms with Crippen molar-refractivity contribution in [1.29, 1.82) is 0 Å². The molecule has 1 atom stereocenters. The first-order valence-corrected chi connectivity index (χ1v) is 10.9. The number of carbonyl (C=O) groups is 2. The van der Waals surface area contributed by atoms with Gasteiger partial charge >= 0.3 is 0 Å². The lowest BCUT2D eigenvalue weighted by Gasteiger charge is -2.30. The molecule has 0 spiro atoms. The lowest BCUT2D eigenvalue weighted by atomic mass is 9.94. The van der Waals surface area contributed by atoms with Crippen molar-refractivity contribution >= 4 is 11.8 Å². The highest BCUT2D eigenvalue weighted by molar-refractivity contribution is 5.96. The van der Waals surface area contributed by atoms with Gasteiger partial charge in [-0.2, -0.15) is 0 Å². The lowest BCUT2D eigenvalue weighted by molar-refractivity contribution is -0.131. The molecule has 0 fully saturated rings. The van der Waals surface area contributed by atoms with Gasteiger partial charge in [0.2, 0.25) is 0 Å². The summed E-state index contributed by atoms with van der Waals surface area (Å²) in [5, 5.41) is 6.91. The molecule has 0 bridgehead atoms. The van der Waals surface area contributed by atoms with Crippen molar-refractivity contribution in [1.82, 2.24) is 20.4 Å². The maximum absolute atomic E-state index is 13.1. The Hall–Kier alpha value is -3.52. The van der Waals surface area contributed by atoms with Crippen molar-refractivity contribution in [2.24, 2.45) is 0 Å². The second-order valence-corrected chi connectivity index (χ2v) is 8.25. The molecule has 1 aromatic carbocycles. The van der Waals surface area contributed by atoms with Crippen molar-refractivity contribution in [2.45, 2.75) is 46.4 Å². The molecule has 1 unspecified atom stereocenters. The average Bonchev–Trinajstić information content (AvgIpc) is 3.16. The quantitative estimate of drug-likeness (QED) is 0.622. The van der Waals surface area contributed by atoms with Gasteiger partial charge in [0.1, 0.15) is 11.3 Å². The van der Waals surface area contributed by atoms with E-state index in [2.05, 4.69) is 15.5 Å². The summed E-state index contributed by atoms with van der Waals surface area (Å²) in [5.74, 6) is 0.240. The van der Waals surface area contributed by atoms with Crippen LogP contribution in [0.25, 0.3) is 0 Å². The van der Waals surface area contributed by atoms with Crippen LogP contribution in [-0.2, 0) is 29.0 Å². The Morgan fingerprint density at radius 1 is 1.18 bits per heavy atom. The molecule has 8 nitrogen and oxygen atoms in total. The number of carbonyl (C=O) groups excluding carboxylic acids is 2. The van der Waals surface area contributed by atoms with Crippen LogP contribution in [0.15, 0.2) is 41.1 Å². The monoisotopic (exact) mass is 448 g/mol. The molecule has 0 saturated heterocycles. The highest BCUT2D eigenvalue weighted by atomic mass is 16.5. The third-order valence-corrected chi connectivity index (χ3v) is 6.15. The lowest BCUT2D eigenvalue weighted by Crippen LogP contribution is -2.37. The van der Waals surface area contributed by atoms with Crippen LogP contribution in [0.2, 0.25) is 0 Å². The molecule has 0 saturated carbocycles. The number of rotatable bonds is 6. The number of amides is 2. The minimum atomic E-state index is -0.679. The van der Waals surface area contributed by atoms with Gasteiger partial charge in [0.25, 0.3) is 11.8 Å². The molecule has 0 aliphatic carbocycles. The minimum absolute atomic E-state index is 0.0851. The maximum atomic E-state index is 13.1. The van der Waals surface area contributed by atoms with E-state index in [4.69, 9.17) is 9.26 Å². The number of benzene rings is 1. The SMILES string of the molecule is COC(C(=O)NCc1c(C)ncc2c1CCN(C(=O)c1c(C)noc1C)C2)c1ccccc1. The Bertz CT molecular complexity index is 1150. The van der Waals surface area contributed by atoms with Crippen LogP contribution in [0.1, 0.15) is 55.9 Å². The first-order valence-electron chi connectivity index (χ1n) is 10.9. The molecule has 0 radical (unpaired) electrons. The summed E-state index contributed by atoms with van der Waals surface area (Å²) in [7, 11) is 1.53. The van der Waals surface area contributed by atoms with Gasteiger partial charge in [0.05, 0.1) is 5.69 Å². The van der Waals surface area contributed by atoms with E-state index < -0.39 is 6.10 Å². The molecule has 1 N–H and O–H groups in total. The van der Waals surface area contributed by atoms with E-state index in [-0.39, 0.29) is 11.8 Å².